The van der Waals surface area contributed by atoms with Gasteiger partial charge < -0.3 is 34.4 Å². The Labute approximate surface area is 291 Å². The average Bonchev–Trinajstić information content (AvgIpc) is 3.07. The third kappa shape index (κ3) is 10.6. The highest BCUT2D eigenvalue weighted by atomic mass is 35.5. The number of nitrogens with one attached hydrogen (secondary N) is 2. The van der Waals surface area contributed by atoms with E-state index in [1.807, 2.05) is 24.3 Å². The summed E-state index contributed by atoms with van der Waals surface area (Å²) < 4.78 is 0. The van der Waals surface area contributed by atoms with Crippen LogP contribution in [0.5, 0.6) is 0 Å². The Bertz CT molecular complexity index is 1730. The highest BCUT2D eigenvalue weighted by Crippen LogP contribution is 2.18. The van der Waals surface area contributed by atoms with E-state index in [-0.39, 0.29) is 70.0 Å². The lowest BCUT2D eigenvalue weighted by Gasteiger charge is -2.08. The van der Waals surface area contributed by atoms with Crippen LogP contribution < -0.4 is 45.0 Å². The molecule has 0 aliphatic heterocycles. The number of anilines is 4. The van der Waals surface area contributed by atoms with Gasteiger partial charge in [0.05, 0.1) is 13.1 Å². The fourth-order valence-corrected chi connectivity index (χ4v) is 4.71. The number of guanidine groups is 2. The smallest absolute Gasteiger partial charge is 0.280 e. The van der Waals surface area contributed by atoms with Gasteiger partial charge in [0.1, 0.15) is 0 Å². The van der Waals surface area contributed by atoms with E-state index in [4.69, 9.17) is 57.6 Å². The number of nitrogens with two attached hydrogens (primary N) is 6. The van der Waals surface area contributed by atoms with Crippen molar-refractivity contribution in [1.82, 2.24) is 30.6 Å². The van der Waals surface area contributed by atoms with Gasteiger partial charge >= 0.3 is 0 Å². The maximum Gasteiger partial charge on any atom is 0.280 e. The number of halogens is 2. The van der Waals surface area contributed by atoms with Crippen molar-refractivity contribution in [3.05, 3.63) is 92.5 Å². The number of hydrogen-bond acceptors (Lipinski definition) is 12. The summed E-state index contributed by atoms with van der Waals surface area (Å²) >= 11 is 11.7. The molecule has 0 spiro atoms. The molecule has 0 fully saturated rings. The van der Waals surface area contributed by atoms with Crippen molar-refractivity contribution in [3.8, 4) is 0 Å². The lowest BCUT2D eigenvalue weighted by molar-refractivity contribution is 0.0964. The molecular weight excluding hydrogens is 671 g/mol. The summed E-state index contributed by atoms with van der Waals surface area (Å²) in [6.07, 6.45) is 5.08. The number of benzene rings is 2. The molecular formula is C31H36Cl2N14O2. The SMILES string of the molecule is NC(=NCc1ccc(CCCCCc2ccc(CN=C(N)NC(=O)c3nc(Cl)c(N)nc3N)cc2)cc1)NC(=O)c1nc(Cl)c(N)nc1N. The van der Waals surface area contributed by atoms with Crippen LogP contribution in [0.1, 0.15) is 62.5 Å². The zero-order chi connectivity index (χ0) is 35.5. The van der Waals surface area contributed by atoms with Gasteiger partial charge in [0.25, 0.3) is 11.8 Å². The van der Waals surface area contributed by atoms with Crippen molar-refractivity contribution in [2.75, 3.05) is 22.9 Å². The molecule has 256 valence electrons. The van der Waals surface area contributed by atoms with Gasteiger partial charge in [0, 0.05) is 0 Å². The number of amides is 2. The summed E-state index contributed by atoms with van der Waals surface area (Å²) in [6.45, 7) is 0.549. The summed E-state index contributed by atoms with van der Waals surface area (Å²) in [5.41, 5.74) is 38.1. The Morgan fingerprint density at radius 2 is 0.898 bits per heavy atom. The molecule has 49 heavy (non-hydrogen) atoms. The molecule has 0 atom stereocenters. The molecule has 2 aromatic carbocycles. The predicted octanol–water partition coefficient (Wildman–Crippen LogP) is 2.35. The number of nitrogen functional groups attached to an aromatic ring is 4. The minimum Gasteiger partial charge on any atom is -0.382 e. The number of carbonyl (C=O) groups excluding carboxylic acids is 2. The molecule has 4 rings (SSSR count). The number of aliphatic imine (C=N–C) groups is 2. The van der Waals surface area contributed by atoms with Gasteiger partial charge in [-0.2, -0.15) is 0 Å². The average molecular weight is 708 g/mol. The molecule has 18 heteroatoms. The molecule has 2 heterocycles. The van der Waals surface area contributed by atoms with Crippen molar-refractivity contribution < 1.29 is 9.59 Å². The molecule has 0 bridgehead atoms. The number of aryl methyl sites for hydroxylation is 2. The molecule has 2 aromatic heterocycles. The third-order valence-electron chi connectivity index (χ3n) is 7.06. The summed E-state index contributed by atoms with van der Waals surface area (Å²) in [4.78, 5) is 48.4. The molecule has 16 nitrogen and oxygen atoms in total. The summed E-state index contributed by atoms with van der Waals surface area (Å²) in [7, 11) is 0. The highest BCUT2D eigenvalue weighted by Gasteiger charge is 2.18. The minimum atomic E-state index is -0.693. The fraction of sp³-hybridized carbons (Fsp3) is 0.226. The van der Waals surface area contributed by atoms with Gasteiger partial charge in [-0.05, 0) is 47.9 Å². The lowest BCUT2D eigenvalue weighted by atomic mass is 10.0. The first-order valence-electron chi connectivity index (χ1n) is 14.9. The summed E-state index contributed by atoms with van der Waals surface area (Å²) in [6, 6.07) is 16.1. The maximum atomic E-state index is 12.4. The third-order valence-corrected chi connectivity index (χ3v) is 7.62. The van der Waals surface area contributed by atoms with Crippen molar-refractivity contribution >= 4 is 70.2 Å². The summed E-state index contributed by atoms with van der Waals surface area (Å²) in [5, 5.41) is 4.56. The Morgan fingerprint density at radius 1 is 0.551 bits per heavy atom. The topological polar surface area (TPSA) is 291 Å². The Hall–Kier alpha value is -5.74. The number of hydrogen-bond donors (Lipinski definition) is 8. The first-order valence-corrected chi connectivity index (χ1v) is 15.7. The van der Waals surface area contributed by atoms with Crippen LogP contribution in [0.15, 0.2) is 58.5 Å². The molecule has 0 aliphatic carbocycles. The molecule has 4 aromatic rings. The van der Waals surface area contributed by atoms with Crippen molar-refractivity contribution in [1.29, 1.82) is 0 Å². The Balaban J connectivity index is 1.14. The van der Waals surface area contributed by atoms with Gasteiger partial charge in [-0.25, -0.2) is 29.9 Å². The van der Waals surface area contributed by atoms with Gasteiger partial charge in [0.15, 0.2) is 56.9 Å². The number of unbranched alkanes of at least 4 members (excludes halogenated alkanes) is 2. The standard InChI is InChI=1S/C31H36Cl2N14O2/c32-22-26(36)44-24(34)20(42-22)28(48)46-30(38)40-14-18-10-6-16(7-11-18)4-2-1-3-5-17-8-12-19(13-9-17)15-41-31(39)47-29(49)21-25(35)45-27(37)23(33)43-21/h6-13H,1-5,14-15H2,(H4,34,36,44)(H4,35,37,45)(H3,38,40,46,48)(H3,39,41,47,49). The van der Waals surface area contributed by atoms with E-state index >= 15 is 0 Å². The molecule has 0 aliphatic rings. The molecule has 0 saturated carbocycles. The Morgan fingerprint density at radius 3 is 1.27 bits per heavy atom. The van der Waals surface area contributed by atoms with E-state index < -0.39 is 11.8 Å². The van der Waals surface area contributed by atoms with E-state index in [1.54, 1.807) is 0 Å². The fourth-order valence-electron chi connectivity index (χ4n) is 4.46. The molecule has 0 unspecified atom stereocenters. The van der Waals surface area contributed by atoms with Crippen LogP contribution in [-0.4, -0.2) is 43.7 Å². The predicted molar refractivity (Wildman–Crippen MR) is 191 cm³/mol. The van der Waals surface area contributed by atoms with Crippen LogP contribution >= 0.6 is 23.2 Å². The van der Waals surface area contributed by atoms with Crippen LogP contribution in [-0.2, 0) is 25.9 Å². The molecule has 0 radical (unpaired) electrons. The highest BCUT2D eigenvalue weighted by molar-refractivity contribution is 6.32. The van der Waals surface area contributed by atoms with Gasteiger partial charge in [-0.15, -0.1) is 0 Å². The van der Waals surface area contributed by atoms with Crippen molar-refractivity contribution in [2.24, 2.45) is 21.5 Å². The van der Waals surface area contributed by atoms with Gasteiger partial charge in [0.2, 0.25) is 0 Å². The monoisotopic (exact) mass is 706 g/mol. The molecule has 14 N–H and O–H groups in total. The summed E-state index contributed by atoms with van der Waals surface area (Å²) in [5.74, 6) is -2.07. The second-order valence-electron chi connectivity index (χ2n) is 10.8. The second kappa shape index (κ2) is 16.9. The maximum absolute atomic E-state index is 12.4. The minimum absolute atomic E-state index is 0.0761. The quantitative estimate of drug-likeness (QED) is 0.0598. The van der Waals surface area contributed by atoms with Crippen molar-refractivity contribution in [2.45, 2.75) is 45.2 Å². The number of carbonyl (C=O) groups is 2. The van der Waals surface area contributed by atoms with Gasteiger partial charge in [-0.1, -0.05) is 78.2 Å². The van der Waals surface area contributed by atoms with E-state index in [9.17, 15) is 9.59 Å². The number of nitrogens with zero attached hydrogens (tertiary/aromatic N) is 6. The normalized spacial score (nSPS) is 11.7. The van der Waals surface area contributed by atoms with E-state index in [0.29, 0.717) is 0 Å². The first kappa shape index (κ1) is 36.1. The van der Waals surface area contributed by atoms with E-state index in [2.05, 4.69) is 64.8 Å². The molecule has 2 amide bonds. The first-order chi connectivity index (χ1) is 23.4. The second-order valence-corrected chi connectivity index (χ2v) is 11.5. The van der Waals surface area contributed by atoms with E-state index in [0.717, 1.165) is 43.2 Å². The van der Waals surface area contributed by atoms with Crippen LogP contribution in [0.3, 0.4) is 0 Å². The zero-order valence-electron chi connectivity index (χ0n) is 26.3. The molecule has 0 saturated heterocycles. The van der Waals surface area contributed by atoms with E-state index in [1.165, 1.54) is 11.1 Å². The zero-order valence-corrected chi connectivity index (χ0v) is 27.8. The van der Waals surface area contributed by atoms with Gasteiger partial charge in [-0.3, -0.25) is 20.2 Å². The van der Waals surface area contributed by atoms with Crippen LogP contribution in [0.4, 0.5) is 23.3 Å². The lowest BCUT2D eigenvalue weighted by Crippen LogP contribution is -2.37. The number of aromatic nitrogens is 4. The van der Waals surface area contributed by atoms with Crippen molar-refractivity contribution in [3.63, 3.8) is 0 Å². The Kier molecular flexibility index (Phi) is 12.4. The van der Waals surface area contributed by atoms with Crippen LogP contribution in [0, 0.1) is 0 Å². The van der Waals surface area contributed by atoms with Crippen LogP contribution in [0.25, 0.3) is 0 Å². The largest absolute Gasteiger partial charge is 0.382 e. The number of rotatable bonds is 12. The van der Waals surface area contributed by atoms with Crippen LogP contribution in [0.2, 0.25) is 10.3 Å².